The Morgan fingerprint density at radius 2 is 1.79 bits per heavy atom. The van der Waals surface area contributed by atoms with Gasteiger partial charge in [-0.05, 0) is 24.3 Å². The van der Waals surface area contributed by atoms with Gasteiger partial charge in [-0.3, -0.25) is 9.52 Å². The zero-order valence-electron chi connectivity index (χ0n) is 12.9. The molecule has 0 atom stereocenters. The van der Waals surface area contributed by atoms with Crippen LogP contribution in [0.4, 0.5) is 10.8 Å². The number of carbonyl (C=O) groups excluding carboxylic acids is 1. The van der Waals surface area contributed by atoms with Gasteiger partial charge in [0, 0.05) is 18.2 Å². The third kappa shape index (κ3) is 3.87. The highest BCUT2D eigenvalue weighted by Gasteiger charge is 2.09. The molecule has 0 fully saturated rings. The third-order valence-electron chi connectivity index (χ3n) is 3.02. The van der Waals surface area contributed by atoms with Crippen LogP contribution in [0, 0.1) is 0 Å². The van der Waals surface area contributed by atoms with Crippen LogP contribution in [-0.2, 0) is 14.8 Å². The summed E-state index contributed by atoms with van der Waals surface area (Å²) in [6.07, 6.45) is 1.10. The van der Waals surface area contributed by atoms with E-state index in [0.717, 1.165) is 22.3 Å². The summed E-state index contributed by atoms with van der Waals surface area (Å²) in [7, 11) is -3.30. The average Bonchev–Trinajstić information content (AvgIpc) is 2.86. The number of benzene rings is 1. The van der Waals surface area contributed by atoms with Gasteiger partial charge in [0.2, 0.25) is 15.9 Å². The Balaban J connectivity index is 1.90. The van der Waals surface area contributed by atoms with Crippen molar-refractivity contribution in [2.24, 2.45) is 0 Å². The molecule has 124 valence electrons. The number of hydrogen-bond donors (Lipinski definition) is 2. The molecule has 0 aliphatic carbocycles. The van der Waals surface area contributed by atoms with Gasteiger partial charge in [0.1, 0.15) is 10.3 Å². The molecular weight excluding hydrogens is 348 g/mol. The highest BCUT2D eigenvalue weighted by molar-refractivity contribution is 7.92. The van der Waals surface area contributed by atoms with Gasteiger partial charge in [0.05, 0.1) is 11.9 Å². The van der Waals surface area contributed by atoms with Gasteiger partial charge in [-0.15, -0.1) is 0 Å². The largest absolute Gasteiger partial charge is 0.302 e. The molecule has 0 aliphatic rings. The van der Waals surface area contributed by atoms with E-state index >= 15 is 0 Å². The lowest BCUT2D eigenvalue weighted by molar-refractivity contribution is -0.114. The molecule has 3 aromatic rings. The summed E-state index contributed by atoms with van der Waals surface area (Å²) in [6.45, 7) is 1.43. The number of nitrogens with one attached hydrogen (secondary N) is 2. The fraction of sp³-hybridized carbons (Fsp3) is 0.133. The van der Waals surface area contributed by atoms with E-state index in [1.165, 1.54) is 18.3 Å². The lowest BCUT2D eigenvalue weighted by Gasteiger charge is -2.05. The number of pyridine rings is 1. The normalized spacial score (nSPS) is 11.4. The maximum Gasteiger partial charge on any atom is 0.229 e. The SMILES string of the molecule is CC(=O)Nc1nc2ccc(-c3ccc(NS(C)(=O)=O)cc3)nc2s1. The number of carbonyl (C=O) groups is 1. The molecule has 0 spiro atoms. The van der Waals surface area contributed by atoms with E-state index < -0.39 is 10.0 Å². The molecule has 9 heteroatoms. The highest BCUT2D eigenvalue weighted by atomic mass is 32.2. The minimum absolute atomic E-state index is 0.178. The number of amides is 1. The molecule has 24 heavy (non-hydrogen) atoms. The van der Waals surface area contributed by atoms with Crippen molar-refractivity contribution in [1.82, 2.24) is 9.97 Å². The van der Waals surface area contributed by atoms with Crippen molar-refractivity contribution in [3.05, 3.63) is 36.4 Å². The van der Waals surface area contributed by atoms with E-state index in [2.05, 4.69) is 20.0 Å². The minimum Gasteiger partial charge on any atom is -0.302 e. The summed E-state index contributed by atoms with van der Waals surface area (Å²) in [5, 5.41) is 3.16. The van der Waals surface area contributed by atoms with Crippen molar-refractivity contribution in [2.75, 3.05) is 16.3 Å². The van der Waals surface area contributed by atoms with Crippen LogP contribution in [-0.4, -0.2) is 30.5 Å². The molecule has 0 radical (unpaired) electrons. The first kappa shape index (κ1) is 16.3. The molecule has 0 unspecified atom stereocenters. The maximum absolute atomic E-state index is 11.2. The Bertz CT molecular complexity index is 1010. The summed E-state index contributed by atoms with van der Waals surface area (Å²) >= 11 is 1.30. The smallest absolute Gasteiger partial charge is 0.229 e. The van der Waals surface area contributed by atoms with Gasteiger partial charge in [-0.1, -0.05) is 23.5 Å². The third-order valence-corrected chi connectivity index (χ3v) is 4.51. The molecule has 2 N–H and O–H groups in total. The molecular formula is C15H14N4O3S2. The van der Waals surface area contributed by atoms with Crippen molar-refractivity contribution in [3.63, 3.8) is 0 Å². The Labute approximate surface area is 142 Å². The summed E-state index contributed by atoms with van der Waals surface area (Å²) in [5.41, 5.74) is 2.80. The van der Waals surface area contributed by atoms with Crippen LogP contribution in [0.1, 0.15) is 6.92 Å². The molecule has 1 aromatic carbocycles. The second-order valence-electron chi connectivity index (χ2n) is 5.17. The fourth-order valence-corrected chi connectivity index (χ4v) is 3.55. The highest BCUT2D eigenvalue weighted by Crippen LogP contribution is 2.28. The van der Waals surface area contributed by atoms with Gasteiger partial charge in [0.25, 0.3) is 0 Å². The number of fused-ring (bicyclic) bond motifs is 1. The van der Waals surface area contributed by atoms with E-state index in [-0.39, 0.29) is 5.91 Å². The predicted molar refractivity (Wildman–Crippen MR) is 95.6 cm³/mol. The van der Waals surface area contributed by atoms with Crippen LogP contribution in [0.5, 0.6) is 0 Å². The average molecular weight is 362 g/mol. The number of rotatable bonds is 4. The fourth-order valence-electron chi connectivity index (χ4n) is 2.11. The first-order valence-electron chi connectivity index (χ1n) is 6.93. The van der Waals surface area contributed by atoms with Crippen molar-refractivity contribution in [2.45, 2.75) is 6.92 Å². The second-order valence-corrected chi connectivity index (χ2v) is 7.90. The zero-order valence-corrected chi connectivity index (χ0v) is 14.5. The number of hydrogen-bond acceptors (Lipinski definition) is 6. The summed E-state index contributed by atoms with van der Waals surface area (Å²) in [5.74, 6) is -0.178. The van der Waals surface area contributed by atoms with Crippen molar-refractivity contribution in [3.8, 4) is 11.3 Å². The number of nitrogens with zero attached hydrogens (tertiary/aromatic N) is 2. The van der Waals surface area contributed by atoms with Crippen molar-refractivity contribution >= 4 is 48.4 Å². The van der Waals surface area contributed by atoms with E-state index in [1.54, 1.807) is 24.3 Å². The van der Waals surface area contributed by atoms with E-state index in [4.69, 9.17) is 0 Å². The van der Waals surface area contributed by atoms with Gasteiger partial charge in [0.15, 0.2) is 5.13 Å². The van der Waals surface area contributed by atoms with Gasteiger partial charge in [-0.2, -0.15) is 0 Å². The van der Waals surface area contributed by atoms with Crippen LogP contribution < -0.4 is 10.0 Å². The predicted octanol–water partition coefficient (Wildman–Crippen LogP) is 2.69. The Kier molecular flexibility index (Phi) is 4.20. The van der Waals surface area contributed by atoms with Crippen molar-refractivity contribution < 1.29 is 13.2 Å². The van der Waals surface area contributed by atoms with E-state index in [1.807, 2.05) is 12.1 Å². The van der Waals surface area contributed by atoms with E-state index in [9.17, 15) is 13.2 Å². The molecule has 0 bridgehead atoms. The van der Waals surface area contributed by atoms with Gasteiger partial charge in [-0.25, -0.2) is 18.4 Å². The van der Waals surface area contributed by atoms with Crippen LogP contribution in [0.2, 0.25) is 0 Å². The number of thiazole rings is 1. The molecule has 0 saturated carbocycles. The zero-order chi connectivity index (χ0) is 17.3. The monoisotopic (exact) mass is 362 g/mol. The molecule has 1 amide bonds. The van der Waals surface area contributed by atoms with Gasteiger partial charge < -0.3 is 5.32 Å². The Morgan fingerprint density at radius 1 is 1.08 bits per heavy atom. The topological polar surface area (TPSA) is 101 Å². The van der Waals surface area contributed by atoms with Crippen LogP contribution in [0.3, 0.4) is 0 Å². The lowest BCUT2D eigenvalue weighted by atomic mass is 10.1. The number of aromatic nitrogens is 2. The molecule has 2 aromatic heterocycles. The van der Waals surface area contributed by atoms with Crippen LogP contribution >= 0.6 is 11.3 Å². The van der Waals surface area contributed by atoms with Gasteiger partial charge >= 0.3 is 0 Å². The summed E-state index contributed by atoms with van der Waals surface area (Å²) < 4.78 is 24.9. The molecule has 0 saturated heterocycles. The minimum atomic E-state index is -3.30. The van der Waals surface area contributed by atoms with Crippen LogP contribution in [0.25, 0.3) is 21.6 Å². The first-order valence-corrected chi connectivity index (χ1v) is 9.64. The number of anilines is 2. The molecule has 7 nitrogen and oxygen atoms in total. The first-order chi connectivity index (χ1) is 11.3. The molecule has 2 heterocycles. The quantitative estimate of drug-likeness (QED) is 0.743. The second kappa shape index (κ2) is 6.17. The lowest BCUT2D eigenvalue weighted by Crippen LogP contribution is -2.09. The Hall–Kier alpha value is -2.52. The summed E-state index contributed by atoms with van der Waals surface area (Å²) in [6, 6.07) is 10.6. The number of sulfonamides is 1. The molecule has 0 aliphatic heterocycles. The summed E-state index contributed by atoms with van der Waals surface area (Å²) in [4.78, 5) is 20.6. The molecule has 3 rings (SSSR count). The standard InChI is InChI=1S/C15H14N4O3S2/c1-9(20)16-15-18-13-8-7-12(17-14(13)23-15)10-3-5-11(6-4-10)19-24(2,21)22/h3-8,19H,1-2H3,(H,16,18,20). The maximum atomic E-state index is 11.2. The van der Waals surface area contributed by atoms with E-state index in [0.29, 0.717) is 16.3 Å². The van der Waals surface area contributed by atoms with Crippen LogP contribution in [0.15, 0.2) is 36.4 Å². The van der Waals surface area contributed by atoms with Crippen molar-refractivity contribution in [1.29, 1.82) is 0 Å². The Morgan fingerprint density at radius 3 is 2.42 bits per heavy atom.